The maximum absolute atomic E-state index is 13.0. The lowest BCUT2D eigenvalue weighted by Gasteiger charge is -2.42. The molecule has 1 amide bonds. The molecule has 0 aliphatic carbocycles. The monoisotopic (exact) mass is 402 g/mol. The summed E-state index contributed by atoms with van der Waals surface area (Å²) in [5, 5.41) is 0. The molecule has 9 heteroatoms. The van der Waals surface area contributed by atoms with Gasteiger partial charge in [-0.3, -0.25) is 9.59 Å². The van der Waals surface area contributed by atoms with Crippen LogP contribution in [0.4, 0.5) is 10.2 Å². The number of benzene rings is 1. The summed E-state index contributed by atoms with van der Waals surface area (Å²) in [4.78, 5) is 34.6. The Morgan fingerprint density at radius 2 is 1.97 bits per heavy atom. The van der Waals surface area contributed by atoms with E-state index in [9.17, 15) is 14.0 Å². The molecule has 2 aliphatic heterocycles. The van der Waals surface area contributed by atoms with E-state index < -0.39 is 0 Å². The predicted molar refractivity (Wildman–Crippen MR) is 103 cm³/mol. The number of carbonyl (C=O) groups is 1. The molecule has 1 atom stereocenters. The molecule has 0 bridgehead atoms. The van der Waals surface area contributed by atoms with Gasteiger partial charge in [-0.2, -0.15) is 0 Å². The molecule has 1 unspecified atom stereocenters. The molecule has 0 radical (unpaired) electrons. The summed E-state index contributed by atoms with van der Waals surface area (Å²) in [6.07, 6.45) is 2.77. The van der Waals surface area contributed by atoms with Gasteiger partial charge in [0.2, 0.25) is 5.91 Å². The Bertz CT molecular complexity index is 896. The maximum atomic E-state index is 13.0. The Morgan fingerprint density at radius 1 is 1.21 bits per heavy atom. The molecule has 154 valence electrons. The third kappa shape index (κ3) is 4.73. The van der Waals surface area contributed by atoms with Crippen LogP contribution in [-0.2, 0) is 9.53 Å². The third-order valence-electron chi connectivity index (χ3n) is 5.31. The number of anilines is 1. The standard InChI is InChI=1S/C20H23FN4O4/c21-14-1-3-16(4-2-14)28-11-17-10-25(20(27)12-29-17)15-5-7-24(8-6-15)18-9-19(26)23-13-22-18/h1-4,9,13,15,17H,5-8,10-12H2,(H,22,23,26). The van der Waals surface area contributed by atoms with Crippen molar-refractivity contribution in [2.24, 2.45) is 0 Å². The highest BCUT2D eigenvalue weighted by Crippen LogP contribution is 2.23. The fourth-order valence-electron chi connectivity index (χ4n) is 3.76. The maximum Gasteiger partial charge on any atom is 0.252 e. The highest BCUT2D eigenvalue weighted by atomic mass is 19.1. The second kappa shape index (κ2) is 8.60. The number of carbonyl (C=O) groups excluding carboxylic acids is 1. The second-order valence-electron chi connectivity index (χ2n) is 7.23. The van der Waals surface area contributed by atoms with E-state index in [1.54, 1.807) is 12.1 Å². The van der Waals surface area contributed by atoms with Crippen molar-refractivity contribution in [3.63, 3.8) is 0 Å². The van der Waals surface area contributed by atoms with Crippen molar-refractivity contribution in [1.29, 1.82) is 0 Å². The van der Waals surface area contributed by atoms with Gasteiger partial charge in [-0.15, -0.1) is 0 Å². The number of halogens is 1. The molecule has 1 aromatic carbocycles. The van der Waals surface area contributed by atoms with E-state index in [0.29, 0.717) is 24.7 Å². The highest BCUT2D eigenvalue weighted by molar-refractivity contribution is 5.78. The van der Waals surface area contributed by atoms with Crippen molar-refractivity contribution >= 4 is 11.7 Å². The smallest absolute Gasteiger partial charge is 0.252 e. The van der Waals surface area contributed by atoms with Crippen LogP contribution >= 0.6 is 0 Å². The van der Waals surface area contributed by atoms with E-state index in [1.807, 2.05) is 4.90 Å². The molecule has 4 rings (SSSR count). The summed E-state index contributed by atoms with van der Waals surface area (Å²) in [5.41, 5.74) is -0.176. The molecule has 2 fully saturated rings. The van der Waals surface area contributed by atoms with Gasteiger partial charge in [-0.05, 0) is 37.1 Å². The van der Waals surface area contributed by atoms with E-state index in [2.05, 4.69) is 14.9 Å². The van der Waals surface area contributed by atoms with Crippen LogP contribution in [0.1, 0.15) is 12.8 Å². The van der Waals surface area contributed by atoms with Gasteiger partial charge in [0.15, 0.2) is 0 Å². The number of piperidine rings is 1. The minimum absolute atomic E-state index is 0.0178. The number of ether oxygens (including phenoxy) is 2. The van der Waals surface area contributed by atoms with Crippen LogP contribution < -0.4 is 15.2 Å². The molecule has 3 heterocycles. The lowest BCUT2D eigenvalue weighted by atomic mass is 10.0. The van der Waals surface area contributed by atoms with Gasteiger partial charge in [0.25, 0.3) is 5.56 Å². The first kappa shape index (κ1) is 19.4. The van der Waals surface area contributed by atoms with E-state index in [0.717, 1.165) is 25.9 Å². The zero-order chi connectivity index (χ0) is 20.2. The molecule has 2 aromatic rings. The first-order valence-corrected chi connectivity index (χ1v) is 9.67. The molecule has 1 aromatic heterocycles. The minimum Gasteiger partial charge on any atom is -0.491 e. The highest BCUT2D eigenvalue weighted by Gasteiger charge is 2.34. The fraction of sp³-hybridized carbons (Fsp3) is 0.450. The molecular weight excluding hydrogens is 379 g/mol. The molecule has 29 heavy (non-hydrogen) atoms. The number of aromatic amines is 1. The molecule has 0 saturated carbocycles. The molecule has 2 aliphatic rings. The van der Waals surface area contributed by atoms with Crippen molar-refractivity contribution in [2.75, 3.05) is 37.7 Å². The number of hydrogen-bond acceptors (Lipinski definition) is 6. The number of hydrogen-bond donors (Lipinski definition) is 1. The third-order valence-corrected chi connectivity index (χ3v) is 5.31. The summed E-state index contributed by atoms with van der Waals surface area (Å²) in [6.45, 7) is 2.25. The molecule has 0 spiro atoms. The number of nitrogens with one attached hydrogen (secondary N) is 1. The Morgan fingerprint density at radius 3 is 2.69 bits per heavy atom. The normalized spacial score (nSPS) is 20.7. The van der Waals surface area contributed by atoms with Gasteiger partial charge < -0.3 is 24.3 Å². The average molecular weight is 402 g/mol. The number of rotatable bonds is 5. The summed E-state index contributed by atoms with van der Waals surface area (Å²) >= 11 is 0. The number of H-pyrrole nitrogens is 1. The van der Waals surface area contributed by atoms with Crippen molar-refractivity contribution < 1.29 is 18.7 Å². The average Bonchev–Trinajstić information content (AvgIpc) is 2.74. The summed E-state index contributed by atoms with van der Waals surface area (Å²) in [7, 11) is 0. The van der Waals surface area contributed by atoms with Gasteiger partial charge >= 0.3 is 0 Å². The van der Waals surface area contributed by atoms with Gasteiger partial charge in [0.1, 0.15) is 36.7 Å². The number of amides is 1. The lowest BCUT2D eigenvalue weighted by molar-refractivity contribution is -0.154. The first-order chi connectivity index (χ1) is 14.1. The van der Waals surface area contributed by atoms with Gasteiger partial charge in [-0.25, -0.2) is 9.37 Å². The van der Waals surface area contributed by atoms with E-state index in [-0.39, 0.29) is 36.0 Å². The molecule has 2 saturated heterocycles. The summed E-state index contributed by atoms with van der Waals surface area (Å²) < 4.78 is 24.3. The SMILES string of the molecule is O=C1COC(COc2ccc(F)cc2)CN1C1CCN(c2cc(=O)[nH]cn2)CC1. The van der Waals surface area contributed by atoms with Crippen molar-refractivity contribution in [3.8, 4) is 5.75 Å². The van der Waals surface area contributed by atoms with Crippen molar-refractivity contribution in [1.82, 2.24) is 14.9 Å². The van der Waals surface area contributed by atoms with Crippen molar-refractivity contribution in [2.45, 2.75) is 25.0 Å². The largest absolute Gasteiger partial charge is 0.491 e. The quantitative estimate of drug-likeness (QED) is 0.808. The summed E-state index contributed by atoms with van der Waals surface area (Å²) in [5.74, 6) is 0.892. The van der Waals surface area contributed by atoms with Crippen LogP contribution in [0.3, 0.4) is 0 Å². The predicted octanol–water partition coefficient (Wildman–Crippen LogP) is 1.18. The zero-order valence-corrected chi connectivity index (χ0v) is 15.9. The van der Waals surface area contributed by atoms with Crippen LogP contribution in [0.5, 0.6) is 5.75 Å². The van der Waals surface area contributed by atoms with E-state index in [1.165, 1.54) is 24.5 Å². The van der Waals surface area contributed by atoms with Crippen LogP contribution in [0.2, 0.25) is 0 Å². The number of nitrogens with zero attached hydrogens (tertiary/aromatic N) is 3. The first-order valence-electron chi connectivity index (χ1n) is 9.67. The van der Waals surface area contributed by atoms with E-state index in [4.69, 9.17) is 9.47 Å². The number of morpholine rings is 1. The number of aromatic nitrogens is 2. The van der Waals surface area contributed by atoms with E-state index >= 15 is 0 Å². The van der Waals surface area contributed by atoms with Crippen LogP contribution in [0.15, 0.2) is 41.5 Å². The van der Waals surface area contributed by atoms with Gasteiger partial charge in [0, 0.05) is 25.2 Å². The summed E-state index contributed by atoms with van der Waals surface area (Å²) in [6, 6.07) is 7.44. The van der Waals surface area contributed by atoms with Crippen molar-refractivity contribution in [3.05, 3.63) is 52.8 Å². The van der Waals surface area contributed by atoms with Crippen LogP contribution in [-0.4, -0.2) is 65.8 Å². The van der Waals surface area contributed by atoms with Gasteiger partial charge in [0.05, 0.1) is 12.9 Å². The minimum atomic E-state index is -0.315. The Kier molecular flexibility index (Phi) is 5.75. The fourth-order valence-corrected chi connectivity index (χ4v) is 3.76. The molecule has 1 N–H and O–H groups in total. The lowest BCUT2D eigenvalue weighted by Crippen LogP contribution is -2.55. The second-order valence-corrected chi connectivity index (χ2v) is 7.23. The Hall–Kier alpha value is -2.94. The van der Waals surface area contributed by atoms with Gasteiger partial charge in [-0.1, -0.05) is 0 Å². The Balaban J connectivity index is 1.31. The van der Waals surface area contributed by atoms with Crippen LogP contribution in [0, 0.1) is 5.82 Å². The zero-order valence-electron chi connectivity index (χ0n) is 15.9. The molecule has 8 nitrogen and oxygen atoms in total. The Labute approximate surface area is 167 Å². The van der Waals surface area contributed by atoms with Crippen LogP contribution in [0.25, 0.3) is 0 Å². The topological polar surface area (TPSA) is 87.8 Å². The molecular formula is C20H23FN4O4.